The summed E-state index contributed by atoms with van der Waals surface area (Å²) in [6.07, 6.45) is 0. The summed E-state index contributed by atoms with van der Waals surface area (Å²) in [4.78, 5) is 2.39. The van der Waals surface area contributed by atoms with Crippen LogP contribution in [-0.4, -0.2) is 0 Å². The van der Waals surface area contributed by atoms with Crippen LogP contribution in [0.25, 0.3) is 86.9 Å². The fraction of sp³-hybridized carbons (Fsp3) is 0. The first-order chi connectivity index (χ1) is 30.7. The van der Waals surface area contributed by atoms with Gasteiger partial charge in [0.25, 0.3) is 0 Å². The molecule has 0 aliphatic carbocycles. The van der Waals surface area contributed by atoms with Gasteiger partial charge < -0.3 is 4.90 Å². The van der Waals surface area contributed by atoms with Crippen LogP contribution in [0.15, 0.2) is 249 Å². The molecule has 0 aliphatic rings. The maximum absolute atomic E-state index is 2.39. The molecule has 0 unspecified atom stereocenters. The first-order valence-corrected chi connectivity index (χ1v) is 22.0. The minimum atomic E-state index is 1.09. The van der Waals surface area contributed by atoms with E-state index in [0.717, 1.165) is 17.1 Å². The third kappa shape index (κ3) is 7.17. The summed E-state index contributed by atoms with van der Waals surface area (Å²) in [7, 11) is 0. The van der Waals surface area contributed by atoms with Crippen molar-refractivity contribution in [1.29, 1.82) is 0 Å². The summed E-state index contributed by atoms with van der Waals surface area (Å²) in [5, 5.41) is 2.61. The molecule has 0 N–H and O–H groups in total. The lowest BCUT2D eigenvalue weighted by Crippen LogP contribution is -2.10. The molecule has 0 saturated heterocycles. The van der Waals surface area contributed by atoms with Gasteiger partial charge in [-0.2, -0.15) is 0 Å². The van der Waals surface area contributed by atoms with E-state index >= 15 is 0 Å². The van der Waals surface area contributed by atoms with Crippen LogP contribution in [0.4, 0.5) is 17.1 Å². The van der Waals surface area contributed by atoms with E-state index in [1.165, 1.54) is 86.9 Å². The van der Waals surface area contributed by atoms with Gasteiger partial charge in [-0.3, -0.25) is 0 Å². The van der Waals surface area contributed by atoms with Crippen LogP contribution in [0.1, 0.15) is 0 Å². The van der Waals surface area contributed by atoms with E-state index in [0.29, 0.717) is 0 Å². The fourth-order valence-corrected chi connectivity index (χ4v) is 9.98. The quantitative estimate of drug-likeness (QED) is 0.140. The number of hydrogen-bond donors (Lipinski definition) is 0. The van der Waals surface area contributed by atoms with Gasteiger partial charge in [0.05, 0.1) is 0 Å². The van der Waals surface area contributed by atoms with Gasteiger partial charge in [-0.25, -0.2) is 0 Å². The highest BCUT2D eigenvalue weighted by molar-refractivity contribution is 7.26. The molecule has 292 valence electrons. The summed E-state index contributed by atoms with van der Waals surface area (Å²) in [5.74, 6) is 0. The summed E-state index contributed by atoms with van der Waals surface area (Å²) >= 11 is 1.88. The van der Waals surface area contributed by atoms with Crippen molar-refractivity contribution < 1.29 is 0 Å². The number of fused-ring (bicyclic) bond motifs is 3. The van der Waals surface area contributed by atoms with Gasteiger partial charge in [-0.15, -0.1) is 11.3 Å². The molecule has 0 atom stereocenters. The number of anilines is 3. The van der Waals surface area contributed by atoms with Crippen LogP contribution in [0.2, 0.25) is 0 Å². The van der Waals surface area contributed by atoms with Crippen molar-refractivity contribution in [3.05, 3.63) is 249 Å². The van der Waals surface area contributed by atoms with E-state index in [1.807, 2.05) is 11.3 Å². The largest absolute Gasteiger partial charge is 0.310 e. The molecule has 0 radical (unpaired) electrons. The van der Waals surface area contributed by atoms with Crippen LogP contribution >= 0.6 is 11.3 Å². The van der Waals surface area contributed by atoms with Crippen molar-refractivity contribution in [3.63, 3.8) is 0 Å². The number of nitrogens with zero attached hydrogens (tertiary/aromatic N) is 1. The molecule has 1 heterocycles. The van der Waals surface area contributed by atoms with Gasteiger partial charge in [0.1, 0.15) is 0 Å². The normalized spacial score (nSPS) is 11.2. The minimum Gasteiger partial charge on any atom is -0.310 e. The van der Waals surface area contributed by atoms with Crippen molar-refractivity contribution in [1.82, 2.24) is 0 Å². The van der Waals surface area contributed by atoms with Gasteiger partial charge in [-0.1, -0.05) is 206 Å². The number of benzene rings is 10. The van der Waals surface area contributed by atoms with Crippen LogP contribution in [0.3, 0.4) is 0 Å². The van der Waals surface area contributed by atoms with Crippen LogP contribution < -0.4 is 4.90 Å². The van der Waals surface area contributed by atoms with Gasteiger partial charge in [0.15, 0.2) is 0 Å². The Kier molecular flexibility index (Phi) is 9.82. The number of thiophene rings is 1. The Hall–Kier alpha value is -7.78. The predicted octanol–water partition coefficient (Wildman–Crippen LogP) is 17.5. The monoisotopic (exact) mass is 807 g/mol. The molecule has 11 aromatic rings. The molecule has 0 fully saturated rings. The standard InChI is InChI=1S/C60H41NS/c1-4-13-42(14-5-1)44-23-27-46(28-24-44)48-31-35-51(36-32-48)61(52-37-33-49(34-38-52)47-29-25-45(26-30-47)43-15-6-2-7-16-43)53-39-40-54(58(41-53)50-17-8-3-9-18-50)56-20-12-21-57-55-19-10-11-22-59(55)62-60(56)57/h1-41H. The van der Waals surface area contributed by atoms with E-state index < -0.39 is 0 Å². The van der Waals surface area contributed by atoms with E-state index in [-0.39, 0.29) is 0 Å². The lowest BCUT2D eigenvalue weighted by molar-refractivity contribution is 1.28. The van der Waals surface area contributed by atoms with E-state index in [2.05, 4.69) is 254 Å². The topological polar surface area (TPSA) is 3.24 Å². The maximum atomic E-state index is 2.39. The van der Waals surface area contributed by atoms with Crippen molar-refractivity contribution in [2.24, 2.45) is 0 Å². The third-order valence-electron chi connectivity index (χ3n) is 11.9. The second-order valence-corrected chi connectivity index (χ2v) is 16.7. The lowest BCUT2D eigenvalue weighted by Gasteiger charge is -2.27. The van der Waals surface area contributed by atoms with Gasteiger partial charge in [-0.05, 0) is 104 Å². The average Bonchev–Trinajstić information content (AvgIpc) is 3.75. The molecule has 1 nitrogen and oxygen atoms in total. The van der Waals surface area contributed by atoms with E-state index in [4.69, 9.17) is 0 Å². The van der Waals surface area contributed by atoms with Gasteiger partial charge in [0.2, 0.25) is 0 Å². The molecule has 0 amide bonds. The van der Waals surface area contributed by atoms with Crippen LogP contribution in [0, 0.1) is 0 Å². The maximum Gasteiger partial charge on any atom is 0.0468 e. The zero-order valence-electron chi connectivity index (χ0n) is 34.0. The molecule has 0 bridgehead atoms. The van der Waals surface area contributed by atoms with Crippen molar-refractivity contribution in [2.45, 2.75) is 0 Å². The summed E-state index contributed by atoms with van der Waals surface area (Å²) in [5.41, 5.74) is 17.8. The highest BCUT2D eigenvalue weighted by Gasteiger charge is 2.19. The average molecular weight is 808 g/mol. The Morgan fingerprint density at radius 3 is 1.13 bits per heavy atom. The molecule has 0 aliphatic heterocycles. The fourth-order valence-electron chi connectivity index (χ4n) is 8.75. The second-order valence-electron chi connectivity index (χ2n) is 15.7. The summed E-state index contributed by atoms with van der Waals surface area (Å²) in [6, 6.07) is 90.2. The third-order valence-corrected chi connectivity index (χ3v) is 13.2. The minimum absolute atomic E-state index is 1.09. The first-order valence-electron chi connectivity index (χ1n) is 21.2. The number of hydrogen-bond acceptors (Lipinski definition) is 2. The molecule has 0 spiro atoms. The summed E-state index contributed by atoms with van der Waals surface area (Å²) in [6.45, 7) is 0. The molecule has 2 heteroatoms. The number of rotatable bonds is 9. The first kappa shape index (κ1) is 37.2. The Morgan fingerprint density at radius 1 is 0.242 bits per heavy atom. The van der Waals surface area contributed by atoms with Gasteiger partial charge in [0, 0.05) is 42.8 Å². The molecule has 11 rings (SSSR count). The summed E-state index contributed by atoms with van der Waals surface area (Å²) < 4.78 is 2.63. The van der Waals surface area contributed by atoms with Crippen LogP contribution in [0.5, 0.6) is 0 Å². The highest BCUT2D eigenvalue weighted by atomic mass is 32.1. The Morgan fingerprint density at radius 2 is 0.629 bits per heavy atom. The smallest absolute Gasteiger partial charge is 0.0468 e. The lowest BCUT2D eigenvalue weighted by atomic mass is 9.92. The zero-order valence-corrected chi connectivity index (χ0v) is 34.8. The predicted molar refractivity (Wildman–Crippen MR) is 267 cm³/mol. The van der Waals surface area contributed by atoms with E-state index in [9.17, 15) is 0 Å². The van der Waals surface area contributed by atoms with E-state index in [1.54, 1.807) is 0 Å². The second kappa shape index (κ2) is 16.3. The molecule has 62 heavy (non-hydrogen) atoms. The van der Waals surface area contributed by atoms with Crippen molar-refractivity contribution >= 4 is 48.6 Å². The SMILES string of the molecule is c1ccc(-c2ccc(-c3ccc(N(c4ccc(-c5ccc(-c6ccccc6)cc5)cc4)c4ccc(-c5cccc6c5sc5ccccc56)c(-c5ccccc5)c4)cc3)cc2)cc1. The highest BCUT2D eigenvalue weighted by Crippen LogP contribution is 2.46. The zero-order chi connectivity index (χ0) is 41.2. The van der Waals surface area contributed by atoms with Gasteiger partial charge >= 0.3 is 0 Å². The Labute approximate surface area is 367 Å². The Balaban J connectivity index is 1.01. The molecule has 0 saturated carbocycles. The molecular weight excluding hydrogens is 767 g/mol. The Bertz CT molecular complexity index is 3150. The van der Waals surface area contributed by atoms with Crippen molar-refractivity contribution in [2.75, 3.05) is 4.90 Å². The molecular formula is C60H41NS. The molecule has 10 aromatic carbocycles. The van der Waals surface area contributed by atoms with Crippen LogP contribution in [-0.2, 0) is 0 Å². The molecule has 1 aromatic heterocycles. The van der Waals surface area contributed by atoms with Crippen molar-refractivity contribution in [3.8, 4) is 66.8 Å².